The van der Waals surface area contributed by atoms with Gasteiger partial charge in [0.2, 0.25) is 0 Å². The van der Waals surface area contributed by atoms with Gasteiger partial charge < -0.3 is 10.1 Å². The van der Waals surface area contributed by atoms with Gasteiger partial charge in [0.1, 0.15) is 6.10 Å². The number of hydrogen-bond donors (Lipinski definition) is 1. The fraction of sp³-hybridized carbons (Fsp3) is 0.857. The van der Waals surface area contributed by atoms with Crippen molar-refractivity contribution in [2.24, 2.45) is 0 Å². The van der Waals surface area contributed by atoms with Crippen molar-refractivity contribution in [1.82, 2.24) is 5.32 Å². The molecule has 0 saturated carbocycles. The average Bonchev–Trinajstić information content (AvgIpc) is 2.34. The maximum Gasteiger partial charge on any atom is 0.110 e. The van der Waals surface area contributed by atoms with Crippen molar-refractivity contribution in [2.75, 3.05) is 6.54 Å². The predicted octanol–water partition coefficient (Wildman–Crippen LogP) is 3.63. The molecule has 2 nitrogen and oxygen atoms in total. The zero-order chi connectivity index (χ0) is 11.6. The van der Waals surface area contributed by atoms with Crippen LogP contribution in [0.4, 0.5) is 0 Å². The van der Waals surface area contributed by atoms with Crippen LogP contribution >= 0.6 is 0 Å². The molecular weight excluding hydrogens is 198 g/mol. The van der Waals surface area contributed by atoms with Crippen molar-refractivity contribution >= 4 is 0 Å². The van der Waals surface area contributed by atoms with E-state index in [0.29, 0.717) is 12.1 Å². The zero-order valence-corrected chi connectivity index (χ0v) is 10.9. The van der Waals surface area contributed by atoms with Crippen LogP contribution in [-0.2, 0) is 4.74 Å². The van der Waals surface area contributed by atoms with Gasteiger partial charge in [0.25, 0.3) is 0 Å². The van der Waals surface area contributed by atoms with Crippen LogP contribution in [0.3, 0.4) is 0 Å². The molecular formula is C14H27NO. The van der Waals surface area contributed by atoms with Crippen LogP contribution in [0.5, 0.6) is 0 Å². The molecule has 1 rings (SSSR count). The third kappa shape index (κ3) is 5.55. The summed E-state index contributed by atoms with van der Waals surface area (Å²) >= 11 is 0. The highest BCUT2D eigenvalue weighted by Crippen LogP contribution is 2.11. The number of allylic oxidation sites excluding steroid dienone is 1. The van der Waals surface area contributed by atoms with E-state index in [1.54, 1.807) is 0 Å². The summed E-state index contributed by atoms with van der Waals surface area (Å²) in [6, 6.07) is 0.694. The average molecular weight is 225 g/mol. The molecule has 1 aliphatic rings. The van der Waals surface area contributed by atoms with Crippen LogP contribution in [0, 0.1) is 0 Å². The summed E-state index contributed by atoms with van der Waals surface area (Å²) < 4.78 is 5.57. The third-order valence-electron chi connectivity index (χ3n) is 3.20. The summed E-state index contributed by atoms with van der Waals surface area (Å²) in [6.45, 7) is 5.54. The lowest BCUT2D eigenvalue weighted by molar-refractivity contribution is 0.118. The van der Waals surface area contributed by atoms with Gasteiger partial charge in [0.15, 0.2) is 0 Å². The summed E-state index contributed by atoms with van der Waals surface area (Å²) in [4.78, 5) is 0. The van der Waals surface area contributed by atoms with Crippen molar-refractivity contribution in [3.8, 4) is 0 Å². The SMILES string of the molecule is CCCCC(CCC)NCC1CCC=CO1. The number of ether oxygens (including phenoxy) is 1. The molecule has 2 unspecified atom stereocenters. The number of hydrogen-bond acceptors (Lipinski definition) is 2. The minimum absolute atomic E-state index is 0.394. The molecule has 16 heavy (non-hydrogen) atoms. The second kappa shape index (κ2) is 8.63. The Balaban J connectivity index is 2.17. The predicted molar refractivity (Wildman–Crippen MR) is 69.5 cm³/mol. The fourth-order valence-electron chi connectivity index (χ4n) is 2.18. The van der Waals surface area contributed by atoms with Gasteiger partial charge in [0.05, 0.1) is 6.26 Å². The standard InChI is InChI=1S/C14H27NO/c1-3-5-9-13(8-4-2)15-12-14-10-6-7-11-16-14/h7,11,13-15H,3-6,8-10,12H2,1-2H3. The molecule has 2 atom stereocenters. The topological polar surface area (TPSA) is 21.3 Å². The van der Waals surface area contributed by atoms with Crippen LogP contribution in [0.15, 0.2) is 12.3 Å². The van der Waals surface area contributed by atoms with Crippen LogP contribution in [0.2, 0.25) is 0 Å². The van der Waals surface area contributed by atoms with Crippen molar-refractivity contribution in [2.45, 2.75) is 70.9 Å². The Morgan fingerprint density at radius 2 is 2.19 bits per heavy atom. The Morgan fingerprint density at radius 1 is 1.31 bits per heavy atom. The maximum absolute atomic E-state index is 5.57. The second-order valence-corrected chi connectivity index (χ2v) is 4.74. The van der Waals surface area contributed by atoms with Gasteiger partial charge in [-0.2, -0.15) is 0 Å². The Kier molecular flexibility index (Phi) is 7.32. The first-order chi connectivity index (χ1) is 7.86. The first-order valence-corrected chi connectivity index (χ1v) is 6.90. The van der Waals surface area contributed by atoms with E-state index in [0.717, 1.165) is 13.0 Å². The summed E-state index contributed by atoms with van der Waals surface area (Å²) in [5, 5.41) is 3.67. The molecule has 0 saturated heterocycles. The van der Waals surface area contributed by atoms with Gasteiger partial charge in [-0.15, -0.1) is 0 Å². The van der Waals surface area contributed by atoms with E-state index >= 15 is 0 Å². The van der Waals surface area contributed by atoms with Crippen LogP contribution < -0.4 is 5.32 Å². The van der Waals surface area contributed by atoms with E-state index in [4.69, 9.17) is 4.74 Å². The highest BCUT2D eigenvalue weighted by Gasteiger charge is 2.13. The van der Waals surface area contributed by atoms with E-state index in [-0.39, 0.29) is 0 Å². The molecule has 1 N–H and O–H groups in total. The highest BCUT2D eigenvalue weighted by atomic mass is 16.5. The van der Waals surface area contributed by atoms with E-state index < -0.39 is 0 Å². The summed E-state index contributed by atoms with van der Waals surface area (Å²) in [6.07, 6.45) is 13.2. The lowest BCUT2D eigenvalue weighted by Crippen LogP contribution is -2.36. The number of nitrogens with one attached hydrogen (secondary N) is 1. The summed E-state index contributed by atoms with van der Waals surface area (Å²) in [5.74, 6) is 0. The van der Waals surface area contributed by atoms with Crippen molar-refractivity contribution in [1.29, 1.82) is 0 Å². The molecule has 0 aliphatic carbocycles. The molecule has 0 amide bonds. The van der Waals surface area contributed by atoms with E-state index in [9.17, 15) is 0 Å². The number of unbranched alkanes of at least 4 members (excludes halogenated alkanes) is 1. The summed E-state index contributed by atoms with van der Waals surface area (Å²) in [5.41, 5.74) is 0. The molecule has 1 aliphatic heterocycles. The molecule has 0 aromatic heterocycles. The summed E-state index contributed by atoms with van der Waals surface area (Å²) in [7, 11) is 0. The maximum atomic E-state index is 5.57. The molecule has 0 bridgehead atoms. The van der Waals surface area contributed by atoms with E-state index in [1.807, 2.05) is 6.26 Å². The van der Waals surface area contributed by atoms with Gasteiger partial charge in [-0.1, -0.05) is 33.1 Å². The normalized spacial score (nSPS) is 21.8. The Bertz CT molecular complexity index is 191. The fourth-order valence-corrected chi connectivity index (χ4v) is 2.18. The Hall–Kier alpha value is -0.500. The van der Waals surface area contributed by atoms with E-state index in [1.165, 1.54) is 38.5 Å². The lowest BCUT2D eigenvalue weighted by Gasteiger charge is -2.24. The lowest BCUT2D eigenvalue weighted by atomic mass is 10.0. The number of rotatable bonds is 8. The van der Waals surface area contributed by atoms with Crippen LogP contribution in [-0.4, -0.2) is 18.7 Å². The molecule has 0 spiro atoms. The zero-order valence-electron chi connectivity index (χ0n) is 10.9. The Morgan fingerprint density at radius 3 is 2.81 bits per heavy atom. The quantitative estimate of drug-likeness (QED) is 0.681. The van der Waals surface area contributed by atoms with Gasteiger partial charge >= 0.3 is 0 Å². The van der Waals surface area contributed by atoms with Gasteiger partial charge in [-0.3, -0.25) is 0 Å². The smallest absolute Gasteiger partial charge is 0.110 e. The molecule has 0 radical (unpaired) electrons. The van der Waals surface area contributed by atoms with Crippen molar-refractivity contribution in [3.63, 3.8) is 0 Å². The molecule has 94 valence electrons. The molecule has 1 heterocycles. The first-order valence-electron chi connectivity index (χ1n) is 6.90. The molecule has 0 fully saturated rings. The highest BCUT2D eigenvalue weighted by molar-refractivity contribution is 4.83. The monoisotopic (exact) mass is 225 g/mol. The molecule has 2 heteroatoms. The third-order valence-corrected chi connectivity index (χ3v) is 3.20. The Labute approximate surface area is 100 Å². The van der Waals surface area contributed by atoms with Crippen molar-refractivity contribution < 1.29 is 4.74 Å². The van der Waals surface area contributed by atoms with E-state index in [2.05, 4.69) is 25.2 Å². The minimum Gasteiger partial charge on any atom is -0.497 e. The van der Waals surface area contributed by atoms with Crippen molar-refractivity contribution in [3.05, 3.63) is 12.3 Å². The van der Waals surface area contributed by atoms with Gasteiger partial charge in [0, 0.05) is 12.6 Å². The van der Waals surface area contributed by atoms with Crippen LogP contribution in [0.25, 0.3) is 0 Å². The second-order valence-electron chi connectivity index (χ2n) is 4.74. The van der Waals surface area contributed by atoms with Gasteiger partial charge in [-0.05, 0) is 31.8 Å². The largest absolute Gasteiger partial charge is 0.497 e. The first kappa shape index (κ1) is 13.6. The van der Waals surface area contributed by atoms with Gasteiger partial charge in [-0.25, -0.2) is 0 Å². The molecule has 0 aromatic carbocycles. The van der Waals surface area contributed by atoms with Crippen LogP contribution in [0.1, 0.15) is 58.8 Å². The molecule has 0 aromatic rings. The minimum atomic E-state index is 0.394.